The zero-order valence-corrected chi connectivity index (χ0v) is 18.5. The number of rotatable bonds is 6. The Morgan fingerprint density at radius 3 is 2.60 bits per heavy atom. The number of halogens is 1. The van der Waals surface area contributed by atoms with Crippen LogP contribution in [-0.2, 0) is 14.6 Å². The largest absolute Gasteiger partial charge is 0.325 e. The zero-order valence-electron chi connectivity index (χ0n) is 16.1. The first-order chi connectivity index (χ1) is 14.2. The Hall–Kier alpha value is -2.62. The third-order valence-electron chi connectivity index (χ3n) is 4.27. The molecule has 10 heteroatoms. The maximum atomic E-state index is 12.8. The van der Waals surface area contributed by atoms with Gasteiger partial charge in [0.2, 0.25) is 15.7 Å². The summed E-state index contributed by atoms with van der Waals surface area (Å²) in [6.07, 6.45) is 1.01. The number of carbonyl (C=O) groups excluding carboxylic acids is 1. The van der Waals surface area contributed by atoms with E-state index in [1.165, 1.54) is 12.1 Å². The number of aryl methyl sites for hydroxylation is 2. The van der Waals surface area contributed by atoms with Gasteiger partial charge in [0.1, 0.15) is 0 Å². The van der Waals surface area contributed by atoms with Crippen molar-refractivity contribution in [3.63, 3.8) is 0 Å². The number of carbonyl (C=O) groups is 1. The van der Waals surface area contributed by atoms with E-state index < -0.39 is 20.3 Å². The second kappa shape index (κ2) is 9.03. The average molecular weight is 464 g/mol. The summed E-state index contributed by atoms with van der Waals surface area (Å²) in [4.78, 5) is 30.4. The lowest BCUT2D eigenvalue weighted by molar-refractivity contribution is -0.113. The molecule has 0 fully saturated rings. The molecular weight excluding hydrogens is 446 g/mol. The average Bonchev–Trinajstić information content (AvgIpc) is 2.68. The maximum absolute atomic E-state index is 12.8. The quantitative estimate of drug-likeness (QED) is 0.427. The Kier molecular flexibility index (Phi) is 6.64. The highest BCUT2D eigenvalue weighted by molar-refractivity contribution is 7.99. The van der Waals surface area contributed by atoms with Crippen LogP contribution < -0.4 is 10.9 Å². The van der Waals surface area contributed by atoms with Gasteiger partial charge in [0, 0.05) is 10.7 Å². The third-order valence-corrected chi connectivity index (χ3v) is 7.14. The first-order valence-electron chi connectivity index (χ1n) is 8.77. The molecule has 0 spiro atoms. The van der Waals surface area contributed by atoms with Gasteiger partial charge >= 0.3 is 0 Å². The van der Waals surface area contributed by atoms with E-state index >= 15 is 0 Å². The van der Waals surface area contributed by atoms with E-state index in [2.05, 4.69) is 15.3 Å². The molecule has 1 heterocycles. The second-order valence-corrected chi connectivity index (χ2v) is 9.80. The smallest absolute Gasteiger partial charge is 0.270 e. The molecule has 156 valence electrons. The van der Waals surface area contributed by atoms with Crippen LogP contribution >= 0.6 is 23.4 Å². The molecule has 0 aliphatic carbocycles. The number of nitrogens with zero attached hydrogens (tertiary/aromatic N) is 1. The molecule has 0 aliphatic heterocycles. The van der Waals surface area contributed by atoms with E-state index in [0.717, 1.165) is 29.1 Å². The third kappa shape index (κ3) is 5.10. The van der Waals surface area contributed by atoms with E-state index in [0.29, 0.717) is 10.7 Å². The summed E-state index contributed by atoms with van der Waals surface area (Å²) in [5.74, 6) is -0.352. The molecule has 0 saturated carbocycles. The Bertz CT molecular complexity index is 1270. The number of thioether (sulfide) groups is 1. The van der Waals surface area contributed by atoms with Gasteiger partial charge in [0.05, 0.1) is 16.8 Å². The molecule has 7 nitrogen and oxygen atoms in total. The number of aromatic nitrogens is 2. The number of anilines is 1. The molecule has 1 aromatic heterocycles. The number of aromatic amines is 1. The number of H-pyrrole nitrogens is 1. The summed E-state index contributed by atoms with van der Waals surface area (Å²) in [6, 6.07) is 11.4. The molecule has 2 aromatic carbocycles. The predicted octanol–water partition coefficient (Wildman–Crippen LogP) is 3.60. The summed E-state index contributed by atoms with van der Waals surface area (Å²) in [6.45, 7) is 3.67. The number of benzene rings is 2. The van der Waals surface area contributed by atoms with Gasteiger partial charge in [0.25, 0.3) is 5.56 Å². The normalized spacial score (nSPS) is 11.3. The van der Waals surface area contributed by atoms with Crippen molar-refractivity contribution in [3.8, 4) is 0 Å². The molecule has 2 N–H and O–H groups in total. The lowest BCUT2D eigenvalue weighted by Crippen LogP contribution is -2.20. The molecule has 0 atom stereocenters. The molecule has 1 amide bonds. The van der Waals surface area contributed by atoms with Crippen molar-refractivity contribution in [2.45, 2.75) is 28.8 Å². The van der Waals surface area contributed by atoms with Crippen LogP contribution in [0.5, 0.6) is 0 Å². The van der Waals surface area contributed by atoms with Crippen molar-refractivity contribution >= 4 is 44.8 Å². The van der Waals surface area contributed by atoms with Crippen LogP contribution in [0.1, 0.15) is 11.1 Å². The fraction of sp³-hybridized carbons (Fsp3) is 0.150. The second-order valence-electron chi connectivity index (χ2n) is 6.48. The van der Waals surface area contributed by atoms with E-state index in [-0.39, 0.29) is 21.7 Å². The minimum atomic E-state index is -4.01. The molecule has 3 aromatic rings. The van der Waals surface area contributed by atoms with Crippen LogP contribution in [0.4, 0.5) is 5.69 Å². The van der Waals surface area contributed by atoms with Gasteiger partial charge < -0.3 is 10.3 Å². The van der Waals surface area contributed by atoms with Crippen molar-refractivity contribution in [1.82, 2.24) is 9.97 Å². The number of nitrogens with one attached hydrogen (secondary N) is 2. The van der Waals surface area contributed by atoms with E-state index in [1.54, 1.807) is 37.3 Å². The Labute approximate surface area is 182 Å². The van der Waals surface area contributed by atoms with Crippen molar-refractivity contribution in [2.24, 2.45) is 0 Å². The first kappa shape index (κ1) is 22.1. The van der Waals surface area contributed by atoms with Gasteiger partial charge in [-0.15, -0.1) is 0 Å². The molecule has 0 radical (unpaired) electrons. The van der Waals surface area contributed by atoms with Crippen LogP contribution in [-0.4, -0.2) is 30.0 Å². The highest BCUT2D eigenvalue weighted by Gasteiger charge is 2.23. The molecule has 3 rings (SSSR count). The molecule has 0 bridgehead atoms. The fourth-order valence-corrected chi connectivity index (χ4v) is 4.68. The Morgan fingerprint density at radius 2 is 1.93 bits per heavy atom. The number of hydrogen-bond acceptors (Lipinski definition) is 6. The SMILES string of the molecule is Cc1ccc(S(=O)(=O)c2cnc(SCC(=O)Nc3cccc(Cl)c3)[nH]c2=O)cc1C. The minimum absolute atomic E-state index is 0.0270. The summed E-state index contributed by atoms with van der Waals surface area (Å²) in [7, 11) is -4.01. The van der Waals surface area contributed by atoms with E-state index in [1.807, 2.05) is 6.92 Å². The summed E-state index contributed by atoms with van der Waals surface area (Å²) >= 11 is 6.85. The minimum Gasteiger partial charge on any atom is -0.325 e. The van der Waals surface area contributed by atoms with E-state index in [4.69, 9.17) is 11.6 Å². The van der Waals surface area contributed by atoms with Gasteiger partial charge in [-0.25, -0.2) is 13.4 Å². The van der Waals surface area contributed by atoms with E-state index in [9.17, 15) is 18.0 Å². The molecule has 0 unspecified atom stereocenters. The number of hydrogen-bond donors (Lipinski definition) is 2. The van der Waals surface area contributed by atoms with Crippen LogP contribution in [0, 0.1) is 13.8 Å². The summed E-state index contributed by atoms with van der Waals surface area (Å²) < 4.78 is 25.6. The van der Waals surface area contributed by atoms with Gasteiger partial charge in [-0.05, 0) is 55.3 Å². The highest BCUT2D eigenvalue weighted by atomic mass is 35.5. The number of sulfone groups is 1. The van der Waals surface area contributed by atoms with Crippen molar-refractivity contribution < 1.29 is 13.2 Å². The van der Waals surface area contributed by atoms with Gasteiger partial charge in [-0.1, -0.05) is 35.5 Å². The lowest BCUT2D eigenvalue weighted by atomic mass is 10.1. The predicted molar refractivity (Wildman–Crippen MR) is 117 cm³/mol. The maximum Gasteiger partial charge on any atom is 0.270 e. The van der Waals surface area contributed by atoms with Crippen molar-refractivity contribution in [3.05, 3.63) is 75.2 Å². The van der Waals surface area contributed by atoms with Crippen molar-refractivity contribution in [1.29, 1.82) is 0 Å². The highest BCUT2D eigenvalue weighted by Crippen LogP contribution is 2.21. The van der Waals surface area contributed by atoms with Crippen LogP contribution in [0.15, 0.2) is 68.4 Å². The fourth-order valence-electron chi connectivity index (χ4n) is 2.54. The topological polar surface area (TPSA) is 109 Å². The lowest BCUT2D eigenvalue weighted by Gasteiger charge is -2.08. The van der Waals surface area contributed by atoms with Gasteiger partial charge in [0.15, 0.2) is 10.1 Å². The molecular formula is C20H18ClN3O4S2. The van der Waals surface area contributed by atoms with Crippen LogP contribution in [0.3, 0.4) is 0 Å². The first-order valence-corrected chi connectivity index (χ1v) is 11.6. The summed E-state index contributed by atoms with van der Waals surface area (Å²) in [5, 5.41) is 3.31. The number of amides is 1. The van der Waals surface area contributed by atoms with Gasteiger partial charge in [-0.2, -0.15) is 0 Å². The molecule has 0 aliphatic rings. The zero-order chi connectivity index (χ0) is 21.9. The monoisotopic (exact) mass is 463 g/mol. The van der Waals surface area contributed by atoms with Gasteiger partial charge in [-0.3, -0.25) is 9.59 Å². The van der Waals surface area contributed by atoms with Crippen LogP contribution in [0.2, 0.25) is 5.02 Å². The Balaban J connectivity index is 1.72. The Morgan fingerprint density at radius 1 is 1.17 bits per heavy atom. The summed E-state index contributed by atoms with van der Waals surface area (Å²) in [5.41, 5.74) is 1.51. The molecule has 0 saturated heterocycles. The standard InChI is InChI=1S/C20H18ClN3O4S2/c1-12-6-7-16(8-13(12)2)30(27,28)17-10-22-20(24-19(17)26)29-11-18(25)23-15-5-3-4-14(21)9-15/h3-10H,11H2,1-2H3,(H,23,25)(H,22,24,26). The van der Waals surface area contributed by atoms with Crippen molar-refractivity contribution in [2.75, 3.05) is 11.1 Å². The van der Waals surface area contributed by atoms with Crippen LogP contribution in [0.25, 0.3) is 0 Å². The molecule has 30 heavy (non-hydrogen) atoms.